The highest BCUT2D eigenvalue weighted by Crippen LogP contribution is 2.13. The van der Waals surface area contributed by atoms with Gasteiger partial charge in [-0.3, -0.25) is 4.79 Å². The van der Waals surface area contributed by atoms with Crippen molar-refractivity contribution in [3.05, 3.63) is 53.6 Å². The fourth-order valence-electron chi connectivity index (χ4n) is 1.90. The molecule has 0 radical (unpaired) electrons. The number of carbonyl (C=O) groups is 1. The minimum Gasteiger partial charge on any atom is -0.380 e. The number of methoxy groups -OCH3 is 1. The van der Waals surface area contributed by atoms with Crippen molar-refractivity contribution in [1.29, 1.82) is 0 Å². The number of nitrogens with one attached hydrogen (secondary N) is 1. The van der Waals surface area contributed by atoms with Gasteiger partial charge in [0.05, 0.1) is 13.2 Å². The van der Waals surface area contributed by atoms with Gasteiger partial charge >= 0.3 is 0 Å². The fraction of sp³-hybridized carbons (Fsp3) is 0.286. The van der Waals surface area contributed by atoms with Crippen LogP contribution in [0, 0.1) is 0 Å². The van der Waals surface area contributed by atoms with Crippen LogP contribution in [0.3, 0.4) is 0 Å². The van der Waals surface area contributed by atoms with E-state index in [1.165, 1.54) is 0 Å². The minimum absolute atomic E-state index is 0.0379. The van der Waals surface area contributed by atoms with Crippen molar-refractivity contribution in [2.75, 3.05) is 14.2 Å². The smallest absolute Gasteiger partial charge is 0.254 e. The maximum atomic E-state index is 12.4. The van der Waals surface area contributed by atoms with Gasteiger partial charge in [-0.05, 0) is 11.6 Å². The minimum atomic E-state index is -0.0379. The van der Waals surface area contributed by atoms with E-state index in [9.17, 15) is 4.79 Å². The molecule has 1 amide bonds. The van der Waals surface area contributed by atoms with Crippen LogP contribution < -0.4 is 0 Å². The zero-order chi connectivity index (χ0) is 13.7. The van der Waals surface area contributed by atoms with Gasteiger partial charge in [-0.15, -0.1) is 0 Å². The highest BCUT2D eigenvalue weighted by Gasteiger charge is 2.16. The molecule has 5 nitrogen and oxygen atoms in total. The van der Waals surface area contributed by atoms with Crippen LogP contribution >= 0.6 is 0 Å². The van der Waals surface area contributed by atoms with Gasteiger partial charge in [0.15, 0.2) is 0 Å². The normalized spacial score (nSPS) is 10.4. The summed E-state index contributed by atoms with van der Waals surface area (Å²) in [4.78, 5) is 21.1. The molecule has 0 fully saturated rings. The molecule has 0 unspecified atom stereocenters. The number of aromatic amines is 1. The Morgan fingerprint density at radius 2 is 2.21 bits per heavy atom. The molecular weight excluding hydrogens is 242 g/mol. The van der Waals surface area contributed by atoms with Crippen LogP contribution in [0.25, 0.3) is 0 Å². The van der Waals surface area contributed by atoms with Crippen LogP contribution in [0.4, 0.5) is 0 Å². The number of ether oxygens (including phenoxy) is 1. The predicted octanol–water partition coefficient (Wildman–Crippen LogP) is 1.83. The number of imidazole rings is 1. The van der Waals surface area contributed by atoms with Gasteiger partial charge in [0, 0.05) is 32.1 Å². The Balaban J connectivity index is 2.14. The number of carbonyl (C=O) groups excluding carboxylic acids is 1. The first-order chi connectivity index (χ1) is 9.22. The van der Waals surface area contributed by atoms with Gasteiger partial charge in [0.2, 0.25) is 0 Å². The number of hydrogen-bond acceptors (Lipinski definition) is 3. The van der Waals surface area contributed by atoms with Crippen molar-refractivity contribution < 1.29 is 9.53 Å². The van der Waals surface area contributed by atoms with E-state index in [1.807, 2.05) is 24.3 Å². The third kappa shape index (κ3) is 3.20. The Morgan fingerprint density at radius 1 is 1.42 bits per heavy atom. The number of H-pyrrole nitrogens is 1. The Bertz CT molecular complexity index is 537. The highest BCUT2D eigenvalue weighted by atomic mass is 16.5. The molecule has 2 aromatic rings. The number of rotatable bonds is 5. The molecule has 0 bridgehead atoms. The van der Waals surface area contributed by atoms with Crippen LogP contribution in [-0.2, 0) is 17.9 Å². The number of aromatic nitrogens is 2. The van der Waals surface area contributed by atoms with E-state index < -0.39 is 0 Å². The summed E-state index contributed by atoms with van der Waals surface area (Å²) in [5, 5.41) is 0. The van der Waals surface area contributed by atoms with E-state index in [1.54, 1.807) is 31.5 Å². The van der Waals surface area contributed by atoms with Crippen LogP contribution in [0.5, 0.6) is 0 Å². The summed E-state index contributed by atoms with van der Waals surface area (Å²) in [5.41, 5.74) is 1.56. The molecule has 0 aliphatic rings. The predicted molar refractivity (Wildman–Crippen MR) is 71.5 cm³/mol. The van der Waals surface area contributed by atoms with Crippen molar-refractivity contribution in [2.45, 2.75) is 13.2 Å². The first-order valence-electron chi connectivity index (χ1n) is 6.03. The molecule has 5 heteroatoms. The summed E-state index contributed by atoms with van der Waals surface area (Å²) in [5.74, 6) is 0.726. The second-order valence-corrected chi connectivity index (χ2v) is 4.29. The molecule has 1 N–H and O–H groups in total. The van der Waals surface area contributed by atoms with Crippen molar-refractivity contribution in [2.24, 2.45) is 0 Å². The van der Waals surface area contributed by atoms with Gasteiger partial charge in [0.25, 0.3) is 5.91 Å². The number of nitrogens with zero attached hydrogens (tertiary/aromatic N) is 2. The van der Waals surface area contributed by atoms with Gasteiger partial charge in [-0.1, -0.05) is 18.2 Å². The van der Waals surface area contributed by atoms with Crippen LogP contribution in [-0.4, -0.2) is 34.9 Å². The molecule has 1 heterocycles. The molecule has 0 aliphatic heterocycles. The second-order valence-electron chi connectivity index (χ2n) is 4.29. The molecule has 0 aliphatic carbocycles. The first-order valence-corrected chi connectivity index (χ1v) is 6.03. The lowest BCUT2D eigenvalue weighted by molar-refractivity contribution is 0.0777. The molecule has 100 valence electrons. The van der Waals surface area contributed by atoms with Gasteiger partial charge < -0.3 is 14.6 Å². The summed E-state index contributed by atoms with van der Waals surface area (Å²) < 4.78 is 5.12. The Labute approximate surface area is 112 Å². The van der Waals surface area contributed by atoms with Crippen molar-refractivity contribution >= 4 is 5.91 Å². The number of hydrogen-bond donors (Lipinski definition) is 1. The van der Waals surface area contributed by atoms with Gasteiger partial charge in [-0.25, -0.2) is 4.98 Å². The summed E-state index contributed by atoms with van der Waals surface area (Å²) in [6.07, 6.45) is 3.42. The molecule has 1 aromatic carbocycles. The van der Waals surface area contributed by atoms with E-state index >= 15 is 0 Å². The number of benzene rings is 1. The SMILES string of the molecule is COCc1ccccc1C(=O)N(C)Cc1ncc[nH]1. The van der Waals surface area contributed by atoms with Crippen molar-refractivity contribution in [3.63, 3.8) is 0 Å². The second kappa shape index (κ2) is 6.15. The fourth-order valence-corrected chi connectivity index (χ4v) is 1.90. The molecule has 1 aromatic heterocycles. The molecule has 0 saturated carbocycles. The molecule has 19 heavy (non-hydrogen) atoms. The molecule has 0 spiro atoms. The number of amides is 1. The summed E-state index contributed by atoms with van der Waals surface area (Å²) >= 11 is 0. The lowest BCUT2D eigenvalue weighted by atomic mass is 10.1. The monoisotopic (exact) mass is 259 g/mol. The zero-order valence-electron chi connectivity index (χ0n) is 11.1. The third-order valence-corrected chi connectivity index (χ3v) is 2.84. The van der Waals surface area contributed by atoms with E-state index in [2.05, 4.69) is 9.97 Å². The highest BCUT2D eigenvalue weighted by molar-refractivity contribution is 5.95. The Kier molecular flexibility index (Phi) is 4.30. The topological polar surface area (TPSA) is 58.2 Å². The summed E-state index contributed by atoms with van der Waals surface area (Å²) in [6, 6.07) is 7.47. The van der Waals surface area contributed by atoms with Crippen molar-refractivity contribution in [1.82, 2.24) is 14.9 Å². The molecule has 0 saturated heterocycles. The van der Waals surface area contributed by atoms with Gasteiger partial charge in [-0.2, -0.15) is 0 Å². The largest absolute Gasteiger partial charge is 0.380 e. The summed E-state index contributed by atoms with van der Waals surface area (Å²) in [6.45, 7) is 0.879. The zero-order valence-corrected chi connectivity index (χ0v) is 11.1. The summed E-state index contributed by atoms with van der Waals surface area (Å²) in [7, 11) is 3.38. The Hall–Kier alpha value is -2.14. The maximum absolute atomic E-state index is 12.4. The van der Waals surface area contributed by atoms with Crippen LogP contribution in [0.2, 0.25) is 0 Å². The molecule has 0 atom stereocenters. The van der Waals surface area contributed by atoms with Crippen molar-refractivity contribution in [3.8, 4) is 0 Å². The lowest BCUT2D eigenvalue weighted by Gasteiger charge is -2.17. The Morgan fingerprint density at radius 3 is 2.89 bits per heavy atom. The van der Waals surface area contributed by atoms with Crippen LogP contribution in [0.1, 0.15) is 21.7 Å². The first kappa shape index (κ1) is 13.3. The van der Waals surface area contributed by atoms with Gasteiger partial charge in [0.1, 0.15) is 5.82 Å². The molecule has 2 rings (SSSR count). The van der Waals surface area contributed by atoms with Crippen LogP contribution in [0.15, 0.2) is 36.7 Å². The average molecular weight is 259 g/mol. The third-order valence-electron chi connectivity index (χ3n) is 2.84. The lowest BCUT2D eigenvalue weighted by Crippen LogP contribution is -2.27. The van der Waals surface area contributed by atoms with E-state index in [0.29, 0.717) is 18.7 Å². The maximum Gasteiger partial charge on any atom is 0.254 e. The average Bonchev–Trinajstić information content (AvgIpc) is 2.92. The molecular formula is C14H17N3O2. The standard InChI is InChI=1S/C14H17N3O2/c1-17(9-13-15-7-8-16-13)14(18)12-6-4-3-5-11(12)10-19-2/h3-8H,9-10H2,1-2H3,(H,15,16). The van der Waals surface area contributed by atoms with E-state index in [-0.39, 0.29) is 5.91 Å². The van der Waals surface area contributed by atoms with E-state index in [0.717, 1.165) is 11.4 Å². The quantitative estimate of drug-likeness (QED) is 0.891. The van der Waals surface area contributed by atoms with E-state index in [4.69, 9.17) is 4.74 Å².